The Labute approximate surface area is 177 Å². The first-order chi connectivity index (χ1) is 14.0. The highest BCUT2D eigenvalue weighted by Crippen LogP contribution is 2.30. The first-order valence-corrected chi connectivity index (χ1v) is 9.98. The highest BCUT2D eigenvalue weighted by atomic mass is 19.1. The lowest BCUT2D eigenvalue weighted by atomic mass is 9.87. The van der Waals surface area contributed by atoms with Crippen LogP contribution in [0.2, 0.25) is 0 Å². The Bertz CT molecular complexity index is 811. The number of carbonyl (C=O) groups excluding carboxylic acids is 2. The summed E-state index contributed by atoms with van der Waals surface area (Å²) in [4.78, 5) is 24.5. The molecule has 0 aliphatic heterocycles. The number of hydrogen-bond acceptors (Lipinski definition) is 4. The van der Waals surface area contributed by atoms with Crippen LogP contribution in [0.4, 0.5) is 9.18 Å². The molecule has 0 heterocycles. The second kappa shape index (κ2) is 9.74. The van der Waals surface area contributed by atoms with Crippen LogP contribution in [0.1, 0.15) is 57.2 Å². The number of esters is 1. The van der Waals surface area contributed by atoms with Crippen LogP contribution < -0.4 is 5.32 Å². The Balaban J connectivity index is 2.16. The second-order valence-electron chi connectivity index (χ2n) is 8.45. The number of benzene rings is 2. The maximum absolute atomic E-state index is 13.4. The van der Waals surface area contributed by atoms with E-state index in [1.165, 1.54) is 19.1 Å². The summed E-state index contributed by atoms with van der Waals surface area (Å²) < 4.78 is 24.3. The maximum atomic E-state index is 13.4. The second-order valence-corrected chi connectivity index (χ2v) is 8.45. The molecule has 1 N–H and O–H groups in total. The van der Waals surface area contributed by atoms with Gasteiger partial charge in [0, 0.05) is 5.92 Å². The molecule has 2 aromatic carbocycles. The lowest BCUT2D eigenvalue weighted by Gasteiger charge is -2.27. The zero-order valence-corrected chi connectivity index (χ0v) is 18.4. The third-order valence-corrected chi connectivity index (χ3v) is 4.52. The van der Waals surface area contributed by atoms with Gasteiger partial charge >= 0.3 is 12.1 Å². The zero-order valence-electron chi connectivity index (χ0n) is 18.4. The number of amides is 1. The van der Waals surface area contributed by atoms with Crippen LogP contribution in [0.25, 0.3) is 0 Å². The number of nitrogens with one attached hydrogen (secondary N) is 1. The van der Waals surface area contributed by atoms with E-state index in [1.807, 2.05) is 31.2 Å². The normalized spacial score (nSPS) is 14.4. The van der Waals surface area contributed by atoms with Crippen molar-refractivity contribution in [1.29, 1.82) is 0 Å². The Morgan fingerprint density at radius 2 is 1.43 bits per heavy atom. The van der Waals surface area contributed by atoms with Crippen LogP contribution in [0.3, 0.4) is 0 Å². The number of aryl methyl sites for hydroxylation is 1. The fourth-order valence-corrected chi connectivity index (χ4v) is 3.07. The summed E-state index contributed by atoms with van der Waals surface area (Å²) in [5.74, 6) is -1.20. The minimum Gasteiger partial charge on any atom is -0.460 e. The van der Waals surface area contributed by atoms with Gasteiger partial charge < -0.3 is 14.8 Å². The Kier molecular flexibility index (Phi) is 7.59. The fraction of sp³-hybridized carbons (Fsp3) is 0.417. The summed E-state index contributed by atoms with van der Waals surface area (Å²) in [5, 5.41) is 2.49. The van der Waals surface area contributed by atoms with Gasteiger partial charge in [0.15, 0.2) is 0 Å². The molecular formula is C24H30FNO4. The summed E-state index contributed by atoms with van der Waals surface area (Å²) in [6.45, 7) is 10.5. The van der Waals surface area contributed by atoms with Crippen molar-refractivity contribution in [2.24, 2.45) is 0 Å². The number of ether oxygens (including phenoxy) is 2. The fourth-order valence-electron chi connectivity index (χ4n) is 3.07. The topological polar surface area (TPSA) is 64.6 Å². The molecule has 2 rings (SSSR count). The van der Waals surface area contributed by atoms with E-state index in [4.69, 9.17) is 9.47 Å². The van der Waals surface area contributed by atoms with Gasteiger partial charge in [0.1, 0.15) is 23.6 Å². The molecule has 6 heteroatoms. The predicted molar refractivity (Wildman–Crippen MR) is 114 cm³/mol. The average Bonchev–Trinajstić information content (AvgIpc) is 2.63. The molecule has 1 amide bonds. The van der Waals surface area contributed by atoms with Crippen molar-refractivity contribution in [3.63, 3.8) is 0 Å². The van der Waals surface area contributed by atoms with E-state index < -0.39 is 29.8 Å². The standard InChI is InChI=1S/C24H30FNO4/c1-15-7-9-18(10-8-15)21(19-11-13-20(25)14-12-19)17(3)29-22(27)16(2)26-23(28)30-24(4,5)6/h7-14,16-17,21H,1-6H3,(H,26,28)/t16-,17-,21?/m0/s1. The number of carbonyl (C=O) groups is 2. The SMILES string of the molecule is Cc1ccc(C(c2ccc(F)cc2)[C@H](C)OC(=O)[C@H](C)NC(=O)OC(C)(C)C)cc1. The van der Waals surface area contributed by atoms with E-state index in [1.54, 1.807) is 39.8 Å². The molecular weight excluding hydrogens is 385 g/mol. The summed E-state index contributed by atoms with van der Waals surface area (Å²) in [5.41, 5.74) is 2.21. The van der Waals surface area contributed by atoms with Crippen LogP contribution in [-0.4, -0.2) is 29.8 Å². The van der Waals surface area contributed by atoms with Crippen molar-refractivity contribution in [2.75, 3.05) is 0 Å². The van der Waals surface area contributed by atoms with Gasteiger partial charge in [0.05, 0.1) is 0 Å². The molecule has 0 aliphatic carbocycles. The Hall–Kier alpha value is -2.89. The van der Waals surface area contributed by atoms with Crippen LogP contribution >= 0.6 is 0 Å². The van der Waals surface area contributed by atoms with Crippen molar-refractivity contribution >= 4 is 12.1 Å². The quantitative estimate of drug-likeness (QED) is 0.666. The van der Waals surface area contributed by atoms with Gasteiger partial charge in [0.2, 0.25) is 0 Å². The minimum atomic E-state index is -0.880. The molecule has 5 nitrogen and oxygen atoms in total. The zero-order chi connectivity index (χ0) is 22.5. The molecule has 3 atom stereocenters. The molecule has 0 spiro atoms. The van der Waals surface area contributed by atoms with Gasteiger partial charge in [-0.3, -0.25) is 0 Å². The van der Waals surface area contributed by atoms with Gasteiger partial charge in [-0.2, -0.15) is 0 Å². The van der Waals surface area contributed by atoms with E-state index in [0.717, 1.165) is 16.7 Å². The van der Waals surface area contributed by atoms with Crippen LogP contribution in [0, 0.1) is 12.7 Å². The van der Waals surface area contributed by atoms with Crippen molar-refractivity contribution < 1.29 is 23.5 Å². The molecule has 30 heavy (non-hydrogen) atoms. The smallest absolute Gasteiger partial charge is 0.408 e. The largest absolute Gasteiger partial charge is 0.460 e. The van der Waals surface area contributed by atoms with E-state index in [-0.39, 0.29) is 11.7 Å². The van der Waals surface area contributed by atoms with Crippen molar-refractivity contribution in [3.05, 3.63) is 71.0 Å². The van der Waals surface area contributed by atoms with Crippen LogP contribution in [-0.2, 0) is 14.3 Å². The number of alkyl carbamates (subject to hydrolysis) is 1. The van der Waals surface area contributed by atoms with E-state index in [9.17, 15) is 14.0 Å². The van der Waals surface area contributed by atoms with Crippen molar-refractivity contribution in [2.45, 2.75) is 65.2 Å². The first-order valence-electron chi connectivity index (χ1n) is 9.98. The first kappa shape index (κ1) is 23.4. The van der Waals surface area contributed by atoms with E-state index in [0.29, 0.717) is 0 Å². The molecule has 1 unspecified atom stereocenters. The van der Waals surface area contributed by atoms with Gasteiger partial charge in [-0.1, -0.05) is 42.0 Å². The monoisotopic (exact) mass is 415 g/mol. The number of hydrogen-bond donors (Lipinski definition) is 1. The van der Waals surface area contributed by atoms with E-state index >= 15 is 0 Å². The maximum Gasteiger partial charge on any atom is 0.408 e. The predicted octanol–water partition coefficient (Wildman–Crippen LogP) is 5.11. The molecule has 0 aromatic heterocycles. The average molecular weight is 416 g/mol. The summed E-state index contributed by atoms with van der Waals surface area (Å²) in [6.07, 6.45) is -1.23. The number of halogens is 1. The molecule has 0 fully saturated rings. The minimum absolute atomic E-state index is 0.288. The number of rotatable bonds is 6. The third kappa shape index (κ3) is 6.87. The van der Waals surface area contributed by atoms with Gasteiger partial charge in [-0.25, -0.2) is 14.0 Å². The molecule has 2 aromatic rings. The molecule has 0 saturated carbocycles. The van der Waals surface area contributed by atoms with Gasteiger partial charge in [0.25, 0.3) is 0 Å². The highest BCUT2D eigenvalue weighted by molar-refractivity contribution is 5.81. The van der Waals surface area contributed by atoms with Crippen molar-refractivity contribution in [3.8, 4) is 0 Å². The molecule has 162 valence electrons. The molecule has 0 bridgehead atoms. The van der Waals surface area contributed by atoms with Crippen molar-refractivity contribution in [1.82, 2.24) is 5.32 Å². The van der Waals surface area contributed by atoms with Crippen LogP contribution in [0.5, 0.6) is 0 Å². The summed E-state index contributed by atoms with van der Waals surface area (Å²) >= 11 is 0. The van der Waals surface area contributed by atoms with Crippen LogP contribution in [0.15, 0.2) is 48.5 Å². The Morgan fingerprint density at radius 3 is 1.93 bits per heavy atom. The molecule has 0 saturated heterocycles. The lowest BCUT2D eigenvalue weighted by Crippen LogP contribution is -2.43. The summed E-state index contributed by atoms with van der Waals surface area (Å²) in [6, 6.07) is 13.2. The Morgan fingerprint density at radius 1 is 0.933 bits per heavy atom. The van der Waals surface area contributed by atoms with E-state index in [2.05, 4.69) is 5.32 Å². The summed E-state index contributed by atoms with van der Waals surface area (Å²) in [7, 11) is 0. The highest BCUT2D eigenvalue weighted by Gasteiger charge is 2.28. The molecule has 0 aliphatic rings. The van der Waals surface area contributed by atoms with Gasteiger partial charge in [-0.15, -0.1) is 0 Å². The third-order valence-electron chi connectivity index (χ3n) is 4.52. The van der Waals surface area contributed by atoms with Gasteiger partial charge in [-0.05, 0) is 64.8 Å². The lowest BCUT2D eigenvalue weighted by molar-refractivity contribution is -0.150. The molecule has 0 radical (unpaired) electrons.